The maximum atomic E-state index is 11.3. The summed E-state index contributed by atoms with van der Waals surface area (Å²) in [5.41, 5.74) is 11.6. The average Bonchev–Trinajstić information content (AvgIpc) is 3.30. The summed E-state index contributed by atoms with van der Waals surface area (Å²) in [7, 11) is 0. The second-order valence-electron chi connectivity index (χ2n) is 9.42. The number of benzene rings is 2. The Morgan fingerprint density at radius 1 is 1.03 bits per heavy atom. The molecule has 1 aliphatic rings. The molecule has 1 fully saturated rings. The Kier molecular flexibility index (Phi) is 7.10. The van der Waals surface area contributed by atoms with Crippen LogP contribution in [0, 0.1) is 0 Å². The predicted molar refractivity (Wildman–Crippen MR) is 135 cm³/mol. The Morgan fingerprint density at radius 3 is 2.44 bits per heavy atom. The van der Waals surface area contributed by atoms with Crippen LogP contribution in [0.2, 0.25) is 0 Å². The third-order valence-corrected chi connectivity index (χ3v) is 8.07. The fourth-order valence-electron chi connectivity index (χ4n) is 4.99. The molecule has 168 valence electrons. The number of nitrogens with zero attached hydrogens (tertiary/aromatic N) is 1. The SMILES string of the molecule is CCCCCc1ccc(-c2cnc(-c3ccc(C(N)=O)cc3)s2)cc1C1(C)CCCCC1. The third-order valence-electron chi connectivity index (χ3n) is 6.97. The van der Waals surface area contributed by atoms with Crippen LogP contribution in [0.5, 0.6) is 0 Å². The lowest BCUT2D eigenvalue weighted by molar-refractivity contribution is 0.100. The Labute approximate surface area is 196 Å². The van der Waals surface area contributed by atoms with Crippen molar-refractivity contribution in [1.82, 2.24) is 4.98 Å². The number of aromatic nitrogens is 1. The Morgan fingerprint density at radius 2 is 1.75 bits per heavy atom. The number of aryl methyl sites for hydroxylation is 1. The van der Waals surface area contributed by atoms with Crippen LogP contribution >= 0.6 is 11.3 Å². The van der Waals surface area contributed by atoms with Gasteiger partial charge in [-0.1, -0.05) is 70.2 Å². The van der Waals surface area contributed by atoms with Crippen LogP contribution in [-0.2, 0) is 11.8 Å². The number of amides is 1. The Balaban J connectivity index is 1.65. The molecular weight excluding hydrogens is 412 g/mol. The number of nitrogens with two attached hydrogens (primary N) is 1. The summed E-state index contributed by atoms with van der Waals surface area (Å²) in [6, 6.07) is 14.5. The Hall–Kier alpha value is -2.46. The van der Waals surface area contributed by atoms with E-state index in [-0.39, 0.29) is 5.41 Å². The maximum Gasteiger partial charge on any atom is 0.248 e. The van der Waals surface area contributed by atoms with Crippen LogP contribution in [0.3, 0.4) is 0 Å². The molecule has 0 unspecified atom stereocenters. The summed E-state index contributed by atoms with van der Waals surface area (Å²) in [6.07, 6.45) is 13.6. The van der Waals surface area contributed by atoms with E-state index in [1.807, 2.05) is 18.3 Å². The van der Waals surface area contributed by atoms with Gasteiger partial charge in [0.05, 0.1) is 4.88 Å². The number of hydrogen-bond acceptors (Lipinski definition) is 3. The summed E-state index contributed by atoms with van der Waals surface area (Å²) < 4.78 is 0. The number of carbonyl (C=O) groups is 1. The van der Waals surface area contributed by atoms with Gasteiger partial charge in [0.25, 0.3) is 0 Å². The van der Waals surface area contributed by atoms with Gasteiger partial charge in [-0.3, -0.25) is 4.79 Å². The molecule has 1 aromatic heterocycles. The molecule has 2 aromatic carbocycles. The molecule has 3 aromatic rings. The van der Waals surface area contributed by atoms with E-state index >= 15 is 0 Å². The molecule has 4 heteroatoms. The van der Waals surface area contributed by atoms with Crippen molar-refractivity contribution >= 4 is 17.2 Å². The zero-order chi connectivity index (χ0) is 22.6. The number of thiazole rings is 1. The first-order valence-corrected chi connectivity index (χ1v) is 12.8. The minimum atomic E-state index is -0.404. The fourth-order valence-corrected chi connectivity index (χ4v) is 5.91. The number of rotatable bonds is 8. The minimum absolute atomic E-state index is 0.286. The van der Waals surface area contributed by atoms with Gasteiger partial charge < -0.3 is 5.73 Å². The topological polar surface area (TPSA) is 56.0 Å². The van der Waals surface area contributed by atoms with Crippen LogP contribution < -0.4 is 5.73 Å². The van der Waals surface area contributed by atoms with Crippen molar-refractivity contribution < 1.29 is 4.79 Å². The van der Waals surface area contributed by atoms with Crippen molar-refractivity contribution in [2.24, 2.45) is 5.73 Å². The highest BCUT2D eigenvalue weighted by atomic mass is 32.1. The Bertz CT molecular complexity index is 1060. The molecule has 0 saturated heterocycles. The molecule has 0 bridgehead atoms. The van der Waals surface area contributed by atoms with Gasteiger partial charge >= 0.3 is 0 Å². The number of unbranched alkanes of at least 4 members (excludes halogenated alkanes) is 2. The van der Waals surface area contributed by atoms with E-state index in [9.17, 15) is 4.79 Å². The number of carbonyl (C=O) groups excluding carboxylic acids is 1. The van der Waals surface area contributed by atoms with Gasteiger partial charge in [0.15, 0.2) is 0 Å². The van der Waals surface area contributed by atoms with Crippen LogP contribution in [0.25, 0.3) is 21.0 Å². The van der Waals surface area contributed by atoms with Gasteiger partial charge in [-0.25, -0.2) is 4.98 Å². The lowest BCUT2D eigenvalue weighted by atomic mass is 9.69. The van der Waals surface area contributed by atoms with E-state index < -0.39 is 5.91 Å². The molecule has 0 spiro atoms. The van der Waals surface area contributed by atoms with Gasteiger partial charge in [-0.15, -0.1) is 11.3 Å². The lowest BCUT2D eigenvalue weighted by Gasteiger charge is -2.36. The van der Waals surface area contributed by atoms with Gasteiger partial charge in [-0.2, -0.15) is 0 Å². The average molecular weight is 447 g/mol. The molecule has 0 radical (unpaired) electrons. The molecule has 2 N–H and O–H groups in total. The molecule has 0 aliphatic heterocycles. The second-order valence-corrected chi connectivity index (χ2v) is 10.5. The van der Waals surface area contributed by atoms with Gasteiger partial charge in [-0.05, 0) is 66.0 Å². The van der Waals surface area contributed by atoms with E-state index in [4.69, 9.17) is 5.73 Å². The second kappa shape index (κ2) is 9.99. The summed E-state index contributed by atoms with van der Waals surface area (Å²) in [6.45, 7) is 4.75. The number of primary amides is 1. The summed E-state index contributed by atoms with van der Waals surface area (Å²) in [5, 5.41) is 0.966. The fraction of sp³-hybridized carbons (Fsp3) is 0.429. The smallest absolute Gasteiger partial charge is 0.248 e. The van der Waals surface area contributed by atoms with Gasteiger partial charge in [0.2, 0.25) is 5.91 Å². The molecule has 1 saturated carbocycles. The van der Waals surface area contributed by atoms with E-state index in [1.165, 1.54) is 68.2 Å². The first kappa shape index (κ1) is 22.7. The lowest BCUT2D eigenvalue weighted by Crippen LogP contribution is -2.26. The van der Waals surface area contributed by atoms with Crippen molar-refractivity contribution in [1.29, 1.82) is 0 Å². The highest BCUT2D eigenvalue weighted by molar-refractivity contribution is 7.18. The zero-order valence-corrected chi connectivity index (χ0v) is 20.1. The molecular formula is C28H34N2OS. The monoisotopic (exact) mass is 446 g/mol. The summed E-state index contributed by atoms with van der Waals surface area (Å²) in [4.78, 5) is 17.2. The van der Waals surface area contributed by atoms with Crippen molar-refractivity contribution in [3.05, 3.63) is 65.4 Å². The molecule has 32 heavy (non-hydrogen) atoms. The quantitative estimate of drug-likeness (QED) is 0.364. The largest absolute Gasteiger partial charge is 0.366 e. The van der Waals surface area contributed by atoms with Crippen LogP contribution in [0.1, 0.15) is 86.7 Å². The van der Waals surface area contributed by atoms with E-state index in [0.717, 1.165) is 10.6 Å². The van der Waals surface area contributed by atoms with Crippen molar-refractivity contribution in [2.45, 2.75) is 77.0 Å². The van der Waals surface area contributed by atoms with Gasteiger partial charge in [0, 0.05) is 17.3 Å². The molecule has 1 heterocycles. The maximum absolute atomic E-state index is 11.3. The van der Waals surface area contributed by atoms with E-state index in [1.54, 1.807) is 34.6 Å². The first-order chi connectivity index (χ1) is 15.5. The van der Waals surface area contributed by atoms with Crippen molar-refractivity contribution in [3.8, 4) is 21.0 Å². The standard InChI is InChI=1S/C28H34N2OS/c1-3-4-6-9-20-10-15-23(18-24(20)28(2)16-7-5-8-17-28)25-19-30-27(32-25)22-13-11-21(12-14-22)26(29)31/h10-15,18-19H,3-9,16-17H2,1-2H3,(H2,29,31). The van der Waals surface area contributed by atoms with Gasteiger partial charge in [0.1, 0.15) is 5.01 Å². The molecule has 1 aliphatic carbocycles. The van der Waals surface area contributed by atoms with Crippen molar-refractivity contribution in [3.63, 3.8) is 0 Å². The zero-order valence-electron chi connectivity index (χ0n) is 19.3. The van der Waals surface area contributed by atoms with Crippen molar-refractivity contribution in [2.75, 3.05) is 0 Å². The normalized spacial score (nSPS) is 15.6. The first-order valence-electron chi connectivity index (χ1n) is 12.0. The minimum Gasteiger partial charge on any atom is -0.366 e. The molecule has 3 nitrogen and oxygen atoms in total. The highest BCUT2D eigenvalue weighted by Gasteiger charge is 2.31. The summed E-state index contributed by atoms with van der Waals surface area (Å²) >= 11 is 1.71. The van der Waals surface area contributed by atoms with E-state index in [2.05, 4.69) is 37.0 Å². The summed E-state index contributed by atoms with van der Waals surface area (Å²) in [5.74, 6) is -0.404. The van der Waals surface area contributed by atoms with E-state index in [0.29, 0.717) is 5.56 Å². The molecule has 1 amide bonds. The third kappa shape index (κ3) is 4.96. The molecule has 4 rings (SSSR count). The van der Waals surface area contributed by atoms with Crippen LogP contribution in [0.4, 0.5) is 0 Å². The van der Waals surface area contributed by atoms with Crippen LogP contribution in [-0.4, -0.2) is 10.9 Å². The molecule has 0 atom stereocenters. The van der Waals surface area contributed by atoms with Crippen LogP contribution in [0.15, 0.2) is 48.7 Å². The highest BCUT2D eigenvalue weighted by Crippen LogP contribution is 2.43. The predicted octanol–water partition coefficient (Wildman–Crippen LogP) is 7.53. The number of hydrogen-bond donors (Lipinski definition) is 1.